The van der Waals surface area contributed by atoms with Crippen LogP contribution in [0.4, 0.5) is 0 Å². The van der Waals surface area contributed by atoms with Crippen LogP contribution in [0.1, 0.15) is 0 Å². The van der Waals surface area contributed by atoms with E-state index in [0.717, 1.165) is 7.85 Å². The fourth-order valence-electron chi connectivity index (χ4n) is 0.279. The highest BCUT2D eigenvalue weighted by atomic mass is 127. The number of halogens is 2. The van der Waals surface area contributed by atoms with Gasteiger partial charge in [-0.2, -0.15) is 0 Å². The smallest absolute Gasteiger partial charge is 0.0442 e. The van der Waals surface area contributed by atoms with Crippen molar-refractivity contribution in [2.24, 2.45) is 0 Å². The van der Waals surface area contributed by atoms with E-state index in [0.29, 0.717) is 0 Å². The van der Waals surface area contributed by atoms with E-state index in [9.17, 15) is 0 Å². The first-order valence-corrected chi connectivity index (χ1v) is 4.26. The van der Waals surface area contributed by atoms with Crippen LogP contribution < -0.4 is 0 Å². The van der Waals surface area contributed by atoms with Gasteiger partial charge in [0.25, 0.3) is 0 Å². The molecule has 0 aromatic heterocycles. The van der Waals surface area contributed by atoms with E-state index in [1.54, 1.807) is 0 Å². The molecule has 2 heteroatoms. The van der Waals surface area contributed by atoms with Crippen LogP contribution in [0.25, 0.3) is 0 Å². The fraction of sp³-hybridized carbons (Fsp3) is 0.500. The van der Waals surface area contributed by atoms with E-state index in [1.165, 1.54) is 0 Å². The van der Waals surface area contributed by atoms with Gasteiger partial charge < -0.3 is 0 Å². The maximum Gasteiger partial charge on any atom is 0.0442 e. The van der Waals surface area contributed by atoms with E-state index >= 15 is 0 Å². The van der Waals surface area contributed by atoms with Crippen LogP contribution in [0.3, 0.4) is 0 Å². The van der Waals surface area contributed by atoms with Crippen molar-refractivity contribution < 1.29 is 0 Å². The Morgan fingerprint density at radius 3 is 1.33 bits per heavy atom. The summed E-state index contributed by atoms with van der Waals surface area (Å²) in [6.45, 7) is 0. The number of hydrogen-bond donors (Lipinski definition) is 0. The van der Waals surface area contributed by atoms with Crippen molar-refractivity contribution in [3.63, 3.8) is 0 Å². The van der Waals surface area contributed by atoms with Gasteiger partial charge >= 0.3 is 0 Å². The van der Waals surface area contributed by atoms with E-state index in [4.69, 9.17) is 0 Å². The molecule has 0 fully saturated rings. The standard InChI is InChI=1S/C4H4I2/c5-3-1-2-4(3)6/h1-4H/t3-,4-/m1/s1. The maximum atomic E-state index is 2.42. The molecule has 0 nitrogen and oxygen atoms in total. The second kappa shape index (κ2) is 1.98. The predicted molar refractivity (Wildman–Crippen MR) is 44.8 cm³/mol. The quantitative estimate of drug-likeness (QED) is 0.365. The maximum absolute atomic E-state index is 2.42. The predicted octanol–water partition coefficient (Wildman–Crippen LogP) is 2.16. The second-order valence-electron chi connectivity index (χ2n) is 1.27. The molecule has 0 radical (unpaired) electrons. The lowest BCUT2D eigenvalue weighted by atomic mass is 10.1. The number of hydrogen-bond acceptors (Lipinski definition) is 0. The number of allylic oxidation sites excluding steroid dienone is 2. The molecule has 0 unspecified atom stereocenters. The SMILES string of the molecule is I[C@@H]1C=C[C@H]1I. The summed E-state index contributed by atoms with van der Waals surface area (Å²) in [6, 6.07) is 0. The minimum absolute atomic E-state index is 0.809. The average molecular weight is 306 g/mol. The van der Waals surface area contributed by atoms with Crippen LogP contribution >= 0.6 is 45.2 Å². The molecule has 0 bridgehead atoms. The van der Waals surface area contributed by atoms with Gasteiger partial charge in [0, 0.05) is 7.85 Å². The summed E-state index contributed by atoms with van der Waals surface area (Å²) in [5.41, 5.74) is 0. The molecule has 2 atom stereocenters. The summed E-state index contributed by atoms with van der Waals surface area (Å²) in [5.74, 6) is 0. The molecule has 1 aliphatic carbocycles. The topological polar surface area (TPSA) is 0 Å². The van der Waals surface area contributed by atoms with Crippen LogP contribution in [0.2, 0.25) is 0 Å². The summed E-state index contributed by atoms with van der Waals surface area (Å²) >= 11 is 4.85. The van der Waals surface area contributed by atoms with Crippen LogP contribution in [0.5, 0.6) is 0 Å². The highest BCUT2D eigenvalue weighted by molar-refractivity contribution is 14.1. The Morgan fingerprint density at radius 1 is 1.00 bits per heavy atom. The molecule has 0 heterocycles. The van der Waals surface area contributed by atoms with Gasteiger partial charge in [0.05, 0.1) is 0 Å². The average Bonchev–Trinajstić information content (AvgIpc) is 1.61. The molecule has 0 amide bonds. The highest BCUT2D eigenvalue weighted by Gasteiger charge is 2.15. The molecule has 6 heavy (non-hydrogen) atoms. The Hall–Kier alpha value is 1.20. The third-order valence-electron chi connectivity index (χ3n) is 0.783. The summed E-state index contributed by atoms with van der Waals surface area (Å²) in [6.07, 6.45) is 4.44. The zero-order chi connectivity index (χ0) is 4.57. The molecule has 0 aliphatic heterocycles. The van der Waals surface area contributed by atoms with Gasteiger partial charge in [0.15, 0.2) is 0 Å². The van der Waals surface area contributed by atoms with Crippen molar-refractivity contribution in [3.8, 4) is 0 Å². The summed E-state index contributed by atoms with van der Waals surface area (Å²) in [4.78, 5) is 0. The minimum Gasteiger partial charge on any atom is -0.0766 e. The highest BCUT2D eigenvalue weighted by Crippen LogP contribution is 2.25. The molecule has 0 aromatic rings. The van der Waals surface area contributed by atoms with Crippen LogP contribution in [-0.2, 0) is 0 Å². The number of rotatable bonds is 0. The summed E-state index contributed by atoms with van der Waals surface area (Å²) in [7, 11) is 0. The third kappa shape index (κ3) is 0.882. The van der Waals surface area contributed by atoms with Crippen molar-refractivity contribution >= 4 is 45.2 Å². The van der Waals surface area contributed by atoms with E-state index < -0.39 is 0 Å². The van der Waals surface area contributed by atoms with Gasteiger partial charge in [-0.15, -0.1) is 0 Å². The van der Waals surface area contributed by atoms with Crippen molar-refractivity contribution in [1.29, 1.82) is 0 Å². The van der Waals surface area contributed by atoms with Crippen molar-refractivity contribution in [2.45, 2.75) is 7.85 Å². The first kappa shape index (κ1) is 5.34. The van der Waals surface area contributed by atoms with Gasteiger partial charge in [-0.3, -0.25) is 0 Å². The summed E-state index contributed by atoms with van der Waals surface area (Å²) < 4.78 is 1.62. The van der Waals surface area contributed by atoms with Crippen molar-refractivity contribution in [3.05, 3.63) is 12.2 Å². The Labute approximate surface area is 64.7 Å². The molecule has 0 N–H and O–H groups in total. The molecular formula is C4H4I2. The molecule has 0 aromatic carbocycles. The molecule has 0 saturated carbocycles. The molecule has 0 spiro atoms. The Morgan fingerprint density at radius 2 is 1.33 bits per heavy atom. The lowest BCUT2D eigenvalue weighted by Crippen LogP contribution is -2.16. The second-order valence-corrected chi connectivity index (χ2v) is 4.15. The fourth-order valence-corrected chi connectivity index (χ4v) is 1.24. The third-order valence-corrected chi connectivity index (χ3v) is 4.54. The molecule has 34 valence electrons. The van der Waals surface area contributed by atoms with E-state index in [2.05, 4.69) is 57.3 Å². The Bertz CT molecular complexity index is 67.6. The van der Waals surface area contributed by atoms with E-state index in [-0.39, 0.29) is 0 Å². The van der Waals surface area contributed by atoms with Crippen molar-refractivity contribution in [1.82, 2.24) is 0 Å². The lowest BCUT2D eigenvalue weighted by molar-refractivity contribution is 1.08. The van der Waals surface area contributed by atoms with Crippen LogP contribution in [0, 0.1) is 0 Å². The Kier molecular flexibility index (Phi) is 1.76. The van der Waals surface area contributed by atoms with Gasteiger partial charge in [-0.05, 0) is 0 Å². The van der Waals surface area contributed by atoms with Gasteiger partial charge in [-0.1, -0.05) is 57.3 Å². The normalized spacial score (nSPS) is 42.3. The van der Waals surface area contributed by atoms with E-state index in [1.807, 2.05) is 0 Å². The monoisotopic (exact) mass is 306 g/mol. The van der Waals surface area contributed by atoms with Crippen molar-refractivity contribution in [2.75, 3.05) is 0 Å². The molecule has 0 saturated heterocycles. The Balaban J connectivity index is 2.45. The lowest BCUT2D eigenvalue weighted by Gasteiger charge is -2.16. The zero-order valence-electron chi connectivity index (χ0n) is 3.07. The van der Waals surface area contributed by atoms with Gasteiger partial charge in [0.1, 0.15) is 0 Å². The summed E-state index contributed by atoms with van der Waals surface area (Å²) in [5, 5.41) is 0. The first-order chi connectivity index (χ1) is 2.80. The molecule has 1 aliphatic rings. The molecule has 1 rings (SSSR count). The van der Waals surface area contributed by atoms with Crippen LogP contribution in [-0.4, -0.2) is 7.85 Å². The molecular weight excluding hydrogens is 302 g/mol. The van der Waals surface area contributed by atoms with Gasteiger partial charge in [-0.25, -0.2) is 0 Å². The largest absolute Gasteiger partial charge is 0.0766 e. The van der Waals surface area contributed by atoms with Gasteiger partial charge in [0.2, 0.25) is 0 Å². The minimum atomic E-state index is 0.809. The first-order valence-electron chi connectivity index (χ1n) is 1.77. The zero-order valence-corrected chi connectivity index (χ0v) is 7.38. The number of alkyl halides is 2. The van der Waals surface area contributed by atoms with Crippen LogP contribution in [0.15, 0.2) is 12.2 Å².